The van der Waals surface area contributed by atoms with Gasteiger partial charge in [0.15, 0.2) is 12.4 Å². The Balaban J connectivity index is 1.43. The molecule has 1 aromatic heterocycles. The Kier molecular flexibility index (Phi) is 16.0. The van der Waals surface area contributed by atoms with Crippen LogP contribution >= 0.6 is 30.1 Å². The number of hydrogen-bond donors (Lipinski definition) is 1. The maximum absolute atomic E-state index is 17.4. The number of terminal acetylenes is 1. The zero-order valence-corrected chi connectivity index (χ0v) is 36.6. The number of rotatable bonds is 18. The van der Waals surface area contributed by atoms with Gasteiger partial charge in [0.2, 0.25) is 0 Å². The topological polar surface area (TPSA) is 123 Å². The number of nitrogens with one attached hydrogen (secondary N) is 1. The molecule has 8 atom stereocenters. The van der Waals surface area contributed by atoms with Crippen molar-refractivity contribution in [2.45, 2.75) is 88.6 Å². The maximum Gasteiger partial charge on any atom is 0.330 e. The second kappa shape index (κ2) is 20.9. The van der Waals surface area contributed by atoms with Crippen molar-refractivity contribution in [3.63, 3.8) is 0 Å². The van der Waals surface area contributed by atoms with Crippen molar-refractivity contribution in [3.8, 4) is 23.8 Å². The lowest BCUT2D eigenvalue weighted by molar-refractivity contribution is -0.118. The van der Waals surface area contributed by atoms with E-state index in [9.17, 15) is 9.59 Å². The Bertz CT molecular complexity index is 1990. The van der Waals surface area contributed by atoms with Crippen molar-refractivity contribution in [1.82, 2.24) is 14.2 Å². The first kappa shape index (κ1) is 45.1. The minimum atomic E-state index is -1.97. The van der Waals surface area contributed by atoms with Gasteiger partial charge in [0, 0.05) is 41.8 Å². The molecule has 0 bridgehead atoms. The number of H-pyrrole nitrogens is 1. The predicted octanol–water partition coefficient (Wildman–Crippen LogP) is 7.41. The summed E-state index contributed by atoms with van der Waals surface area (Å²) < 4.78 is 65.1. The first-order chi connectivity index (χ1) is 28.5. The molecule has 16 heteroatoms. The van der Waals surface area contributed by atoms with Crippen molar-refractivity contribution in [1.29, 1.82) is 0 Å². The van der Waals surface area contributed by atoms with Crippen LogP contribution in [0.1, 0.15) is 51.5 Å². The van der Waals surface area contributed by atoms with Crippen LogP contribution in [0.15, 0.2) is 94.7 Å². The van der Waals surface area contributed by atoms with Crippen LogP contribution in [0.2, 0.25) is 0 Å². The van der Waals surface area contributed by atoms with Crippen LogP contribution in [0.4, 0.5) is 4.39 Å². The largest absolute Gasteiger partial charge is 0.497 e. The lowest BCUT2D eigenvalue weighted by atomic mass is 9.73. The van der Waals surface area contributed by atoms with Gasteiger partial charge in [-0.05, 0) is 69.5 Å². The van der Waals surface area contributed by atoms with Gasteiger partial charge < -0.3 is 32.7 Å². The molecule has 3 aliphatic rings. The quantitative estimate of drug-likeness (QED) is 0.0779. The van der Waals surface area contributed by atoms with Gasteiger partial charge >= 0.3 is 5.69 Å². The molecule has 3 unspecified atom stereocenters. The van der Waals surface area contributed by atoms with E-state index in [4.69, 9.17) is 39.2 Å². The van der Waals surface area contributed by atoms with Crippen LogP contribution in [0, 0.1) is 18.3 Å². The van der Waals surface area contributed by atoms with Gasteiger partial charge in [0.05, 0.1) is 26.9 Å². The molecule has 0 saturated carbocycles. The van der Waals surface area contributed by atoms with E-state index in [1.165, 1.54) is 6.20 Å². The number of halogens is 1. The molecular weight excluding hydrogens is 817 g/mol. The van der Waals surface area contributed by atoms with Gasteiger partial charge in [-0.2, -0.15) is 0 Å². The normalized spacial score (nSPS) is 25.1. The maximum atomic E-state index is 17.4. The van der Waals surface area contributed by atoms with Crippen LogP contribution in [0.25, 0.3) is 0 Å². The molecule has 59 heavy (non-hydrogen) atoms. The van der Waals surface area contributed by atoms with E-state index in [-0.39, 0.29) is 37.3 Å². The molecule has 2 aromatic carbocycles. The van der Waals surface area contributed by atoms with E-state index in [0.717, 1.165) is 21.8 Å². The fourth-order valence-corrected chi connectivity index (χ4v) is 12.1. The van der Waals surface area contributed by atoms with Gasteiger partial charge in [-0.25, -0.2) is 13.9 Å². The van der Waals surface area contributed by atoms with Crippen LogP contribution in [0.5, 0.6) is 11.5 Å². The molecule has 3 heterocycles. The molecule has 0 amide bonds. The Morgan fingerprint density at radius 3 is 2.12 bits per heavy atom. The molecule has 1 N–H and O–H groups in total. The summed E-state index contributed by atoms with van der Waals surface area (Å²) in [6.45, 7) is 8.09. The van der Waals surface area contributed by atoms with E-state index in [1.54, 1.807) is 35.8 Å². The summed E-state index contributed by atoms with van der Waals surface area (Å²) in [6.07, 6.45) is 9.20. The summed E-state index contributed by atoms with van der Waals surface area (Å²) >= 11 is 0. The molecule has 2 fully saturated rings. The Hall–Kier alpha value is -3.42. The summed E-state index contributed by atoms with van der Waals surface area (Å²) in [5.41, 5.74) is -0.900. The molecule has 12 nitrogen and oxygen atoms in total. The predicted molar refractivity (Wildman–Crippen MR) is 232 cm³/mol. The number of alkyl halides is 1. The minimum Gasteiger partial charge on any atom is -0.497 e. The van der Waals surface area contributed by atoms with Crippen LogP contribution in [-0.2, 0) is 28.9 Å². The number of nitrogens with zero attached hydrogens (tertiary/aromatic N) is 2. The standard InChI is InChI=1S/C43H53FN3O9PS2/c1-8-24-52-36-26-58-59-27-37(36)55-57(47(28(2)3)29(4)5)56-40-35(54-41(39(40)44)46-23-22-38(48)45-42(46)49)25-53-43(30-12-10-9-11-13-30,31-14-18-33(50-6)19-15-31)32-16-20-34(51-7)21-17-32/h1,9-12,14-23,28-30,35-37,39-41H,13,24-27H2,2-7H3,(H,45,48,49)/t30?,35?,36-,37+,39-,40-,41-,57?/m1/s1. The lowest BCUT2D eigenvalue weighted by Crippen LogP contribution is -2.45. The summed E-state index contributed by atoms with van der Waals surface area (Å²) in [7, 11) is 4.59. The molecule has 3 aromatic rings. The number of ether oxygens (including phenoxy) is 5. The summed E-state index contributed by atoms with van der Waals surface area (Å²) in [4.78, 5) is 27.5. The average Bonchev–Trinajstić information content (AvgIpc) is 3.54. The van der Waals surface area contributed by atoms with Gasteiger partial charge in [0.25, 0.3) is 14.1 Å². The minimum absolute atomic E-state index is 0.0616. The van der Waals surface area contributed by atoms with Crippen LogP contribution < -0.4 is 20.7 Å². The SMILES string of the molecule is C#CCO[C@@H]1CSSC[C@@H]1OP(O[C@@H]1C(COC(c2ccc(OC)cc2)(c2ccc(OC)cc2)C2C=CC=CC2)O[C@@H](n2ccc(=O)[nH]c2=O)[C@@H]1F)N(C(C)C)C(C)C. The van der Waals surface area contributed by atoms with Gasteiger partial charge in [-0.3, -0.25) is 14.3 Å². The number of allylic oxidation sites excluding steroid dienone is 3. The van der Waals surface area contributed by atoms with Gasteiger partial charge in [-0.15, -0.1) is 6.42 Å². The van der Waals surface area contributed by atoms with Gasteiger partial charge in [-0.1, -0.05) is 76.1 Å². The zero-order valence-electron chi connectivity index (χ0n) is 34.1. The highest BCUT2D eigenvalue weighted by Gasteiger charge is 2.52. The second-order valence-corrected chi connectivity index (χ2v) is 18.7. The van der Waals surface area contributed by atoms with E-state index in [2.05, 4.69) is 27.7 Å². The number of aromatic nitrogens is 2. The monoisotopic (exact) mass is 869 g/mol. The third kappa shape index (κ3) is 10.4. The molecule has 1 aliphatic carbocycles. The lowest BCUT2D eigenvalue weighted by Gasteiger charge is -2.43. The molecule has 0 radical (unpaired) electrons. The smallest absolute Gasteiger partial charge is 0.330 e. The van der Waals surface area contributed by atoms with E-state index < -0.39 is 56.1 Å². The molecule has 2 aliphatic heterocycles. The Labute approximate surface area is 354 Å². The molecular formula is C43H53FN3O9PS2. The highest BCUT2D eigenvalue weighted by molar-refractivity contribution is 8.76. The summed E-state index contributed by atoms with van der Waals surface area (Å²) in [6, 6.07) is 16.4. The second-order valence-electron chi connectivity index (χ2n) is 14.8. The van der Waals surface area contributed by atoms with Crippen molar-refractivity contribution >= 4 is 30.1 Å². The first-order valence-corrected chi connectivity index (χ1v) is 23.2. The van der Waals surface area contributed by atoms with Crippen molar-refractivity contribution in [2.75, 3.05) is 38.9 Å². The van der Waals surface area contributed by atoms with Crippen molar-refractivity contribution in [2.24, 2.45) is 5.92 Å². The third-order valence-electron chi connectivity index (χ3n) is 10.4. The molecule has 318 valence electrons. The van der Waals surface area contributed by atoms with Crippen molar-refractivity contribution in [3.05, 3.63) is 117 Å². The van der Waals surface area contributed by atoms with Crippen molar-refractivity contribution < 1.29 is 37.1 Å². The Morgan fingerprint density at radius 2 is 1.58 bits per heavy atom. The summed E-state index contributed by atoms with van der Waals surface area (Å²) in [5.74, 6) is 4.94. The third-order valence-corrected chi connectivity index (χ3v) is 15.0. The molecule has 6 rings (SSSR count). The number of hydrogen-bond acceptors (Lipinski definition) is 12. The van der Waals surface area contributed by atoms with Crippen LogP contribution in [0.3, 0.4) is 0 Å². The van der Waals surface area contributed by atoms with E-state index in [0.29, 0.717) is 29.4 Å². The first-order valence-electron chi connectivity index (χ1n) is 19.6. The Morgan fingerprint density at radius 1 is 0.949 bits per heavy atom. The summed E-state index contributed by atoms with van der Waals surface area (Å²) in [5, 5.41) is 0. The van der Waals surface area contributed by atoms with Crippen LogP contribution in [-0.4, -0.2) is 95.8 Å². The fraction of sp³-hybridized carbons (Fsp3) is 0.488. The zero-order chi connectivity index (χ0) is 42.1. The number of methoxy groups -OCH3 is 2. The van der Waals surface area contributed by atoms with Gasteiger partial charge in [0.1, 0.15) is 42.0 Å². The number of benzene rings is 2. The molecule has 2 saturated heterocycles. The fourth-order valence-electron chi connectivity index (χ4n) is 7.63. The molecule has 0 spiro atoms. The highest BCUT2D eigenvalue weighted by Crippen LogP contribution is 2.53. The number of aromatic amines is 1. The van der Waals surface area contributed by atoms with E-state index >= 15 is 4.39 Å². The van der Waals surface area contributed by atoms with E-state index in [1.807, 2.05) is 88.4 Å². The average molecular weight is 870 g/mol. The highest BCUT2D eigenvalue weighted by atomic mass is 33.1.